The minimum atomic E-state index is 0.0334. The molecule has 7 heteroatoms. The highest BCUT2D eigenvalue weighted by Gasteiger charge is 2.30. The molecule has 1 amide bonds. The highest BCUT2D eigenvalue weighted by atomic mass is 35.5. The van der Waals surface area contributed by atoms with E-state index in [0.717, 1.165) is 25.8 Å². The molecular weight excluding hydrogens is 346 g/mol. The van der Waals surface area contributed by atoms with Crippen molar-refractivity contribution in [2.75, 3.05) is 13.1 Å². The van der Waals surface area contributed by atoms with E-state index in [9.17, 15) is 4.79 Å². The molecule has 1 aliphatic heterocycles. The third-order valence-corrected chi connectivity index (χ3v) is 5.23. The average molecular weight is 368 g/mol. The number of thiophene rings is 1. The summed E-state index contributed by atoms with van der Waals surface area (Å²) in [5.41, 5.74) is 0.108. The van der Waals surface area contributed by atoms with Crippen LogP contribution >= 0.6 is 22.9 Å². The molecule has 1 fully saturated rings. The van der Waals surface area contributed by atoms with Gasteiger partial charge in [0, 0.05) is 19.5 Å². The lowest BCUT2D eigenvalue weighted by molar-refractivity contribution is 0.0702. The van der Waals surface area contributed by atoms with Gasteiger partial charge in [0.1, 0.15) is 0 Å². The number of hydrogen-bond acceptors (Lipinski definition) is 5. The second-order valence-corrected chi connectivity index (χ2v) is 9.18. The lowest BCUT2D eigenvalue weighted by atomic mass is 9.92. The Hall–Kier alpha value is -1.40. The molecule has 0 aromatic carbocycles. The standard InChI is InChI=1S/C17H22ClN3O2S/c1-17(2,3)9-14-19-20-15(23-14)11-5-4-8-21(10-11)16(22)12-6-7-13(18)24-12/h6-7,11H,4-5,8-10H2,1-3H3. The number of aromatic nitrogens is 2. The molecule has 1 unspecified atom stereocenters. The van der Waals surface area contributed by atoms with Crippen molar-refractivity contribution in [2.24, 2.45) is 5.41 Å². The molecule has 3 heterocycles. The number of rotatable bonds is 3. The Morgan fingerprint density at radius 3 is 2.88 bits per heavy atom. The van der Waals surface area contributed by atoms with Crippen molar-refractivity contribution in [3.8, 4) is 0 Å². The van der Waals surface area contributed by atoms with Gasteiger partial charge < -0.3 is 9.32 Å². The zero-order chi connectivity index (χ0) is 17.3. The third kappa shape index (κ3) is 4.16. The van der Waals surface area contributed by atoms with E-state index in [2.05, 4.69) is 31.0 Å². The monoisotopic (exact) mass is 367 g/mol. The summed E-state index contributed by atoms with van der Waals surface area (Å²) >= 11 is 7.26. The van der Waals surface area contributed by atoms with Gasteiger partial charge in [0.2, 0.25) is 11.8 Å². The molecule has 24 heavy (non-hydrogen) atoms. The predicted molar refractivity (Wildman–Crippen MR) is 94.7 cm³/mol. The summed E-state index contributed by atoms with van der Waals surface area (Å²) in [6.07, 6.45) is 2.65. The van der Waals surface area contributed by atoms with Crippen LogP contribution in [-0.2, 0) is 6.42 Å². The van der Waals surface area contributed by atoms with Crippen molar-refractivity contribution in [1.82, 2.24) is 15.1 Å². The fraction of sp³-hybridized carbons (Fsp3) is 0.588. The first-order valence-electron chi connectivity index (χ1n) is 8.19. The Morgan fingerprint density at radius 1 is 1.42 bits per heavy atom. The van der Waals surface area contributed by atoms with E-state index < -0.39 is 0 Å². The summed E-state index contributed by atoms with van der Waals surface area (Å²) in [7, 11) is 0. The summed E-state index contributed by atoms with van der Waals surface area (Å²) in [5, 5.41) is 8.39. The van der Waals surface area contributed by atoms with Gasteiger partial charge in [-0.05, 0) is 30.4 Å². The predicted octanol–water partition coefficient (Wildman–Crippen LogP) is 4.39. The van der Waals surface area contributed by atoms with Crippen LogP contribution < -0.4 is 0 Å². The maximum absolute atomic E-state index is 12.6. The molecule has 0 bridgehead atoms. The molecule has 0 saturated carbocycles. The van der Waals surface area contributed by atoms with Gasteiger partial charge in [-0.1, -0.05) is 32.4 Å². The van der Waals surface area contributed by atoms with E-state index in [1.54, 1.807) is 12.1 Å². The van der Waals surface area contributed by atoms with Gasteiger partial charge in [0.05, 0.1) is 15.1 Å². The SMILES string of the molecule is CC(C)(C)Cc1nnc(C2CCCN(C(=O)c3ccc(Cl)s3)C2)o1. The Morgan fingerprint density at radius 2 is 2.21 bits per heavy atom. The first-order valence-corrected chi connectivity index (χ1v) is 9.38. The number of hydrogen-bond donors (Lipinski definition) is 0. The second-order valence-electron chi connectivity index (χ2n) is 7.47. The number of nitrogens with zero attached hydrogens (tertiary/aromatic N) is 3. The molecule has 0 spiro atoms. The zero-order valence-corrected chi connectivity index (χ0v) is 15.8. The van der Waals surface area contributed by atoms with Crippen LogP contribution in [0, 0.1) is 5.41 Å². The maximum atomic E-state index is 12.6. The van der Waals surface area contributed by atoms with E-state index in [1.165, 1.54) is 11.3 Å². The van der Waals surface area contributed by atoms with Crippen LogP contribution in [0.4, 0.5) is 0 Å². The molecular formula is C17H22ClN3O2S. The highest BCUT2D eigenvalue weighted by molar-refractivity contribution is 7.17. The molecule has 2 aromatic rings. The summed E-state index contributed by atoms with van der Waals surface area (Å²) in [5.74, 6) is 1.47. The van der Waals surface area contributed by atoms with E-state index in [4.69, 9.17) is 16.0 Å². The van der Waals surface area contributed by atoms with Crippen LogP contribution in [0.15, 0.2) is 16.5 Å². The number of halogens is 1. The molecule has 0 N–H and O–H groups in total. The Kier molecular flexibility index (Phi) is 4.97. The summed E-state index contributed by atoms with van der Waals surface area (Å²) in [6.45, 7) is 7.80. The van der Waals surface area contributed by atoms with Gasteiger partial charge in [-0.25, -0.2) is 0 Å². The van der Waals surface area contributed by atoms with Crippen LogP contribution in [0.25, 0.3) is 0 Å². The van der Waals surface area contributed by atoms with Gasteiger partial charge in [-0.3, -0.25) is 4.79 Å². The number of amides is 1. The van der Waals surface area contributed by atoms with Crippen molar-refractivity contribution in [1.29, 1.82) is 0 Å². The number of carbonyl (C=O) groups excluding carboxylic acids is 1. The zero-order valence-electron chi connectivity index (χ0n) is 14.2. The van der Waals surface area contributed by atoms with Crippen molar-refractivity contribution in [3.63, 3.8) is 0 Å². The van der Waals surface area contributed by atoms with Gasteiger partial charge in [0.15, 0.2) is 0 Å². The van der Waals surface area contributed by atoms with E-state index in [1.807, 2.05) is 4.90 Å². The van der Waals surface area contributed by atoms with E-state index in [-0.39, 0.29) is 17.2 Å². The molecule has 1 aliphatic rings. The summed E-state index contributed by atoms with van der Waals surface area (Å²) in [6, 6.07) is 3.55. The lowest BCUT2D eigenvalue weighted by Crippen LogP contribution is -2.38. The normalized spacial score (nSPS) is 18.8. The molecule has 5 nitrogen and oxygen atoms in total. The molecule has 1 atom stereocenters. The summed E-state index contributed by atoms with van der Waals surface area (Å²) in [4.78, 5) is 15.1. The van der Waals surface area contributed by atoms with Gasteiger partial charge in [0.25, 0.3) is 5.91 Å². The molecule has 1 saturated heterocycles. The maximum Gasteiger partial charge on any atom is 0.263 e. The molecule has 2 aromatic heterocycles. The third-order valence-electron chi connectivity index (χ3n) is 4.01. The van der Waals surface area contributed by atoms with Crippen molar-refractivity contribution in [3.05, 3.63) is 33.1 Å². The number of carbonyl (C=O) groups is 1. The Labute approximate surface area is 151 Å². The Balaban J connectivity index is 1.68. The fourth-order valence-electron chi connectivity index (χ4n) is 2.90. The molecule has 0 radical (unpaired) electrons. The van der Waals surface area contributed by atoms with Crippen LogP contribution in [0.1, 0.15) is 61.0 Å². The lowest BCUT2D eigenvalue weighted by Gasteiger charge is -2.30. The minimum Gasteiger partial charge on any atom is -0.425 e. The van der Waals surface area contributed by atoms with Gasteiger partial charge >= 0.3 is 0 Å². The van der Waals surface area contributed by atoms with Gasteiger partial charge in [-0.2, -0.15) is 0 Å². The molecule has 130 valence electrons. The van der Waals surface area contributed by atoms with Crippen molar-refractivity contribution >= 4 is 28.8 Å². The van der Waals surface area contributed by atoms with Crippen LogP contribution in [0.3, 0.4) is 0 Å². The largest absolute Gasteiger partial charge is 0.425 e. The van der Waals surface area contributed by atoms with Gasteiger partial charge in [-0.15, -0.1) is 21.5 Å². The smallest absolute Gasteiger partial charge is 0.263 e. The topological polar surface area (TPSA) is 59.2 Å². The van der Waals surface area contributed by atoms with E-state index >= 15 is 0 Å². The minimum absolute atomic E-state index is 0.0334. The van der Waals surface area contributed by atoms with Crippen LogP contribution in [-0.4, -0.2) is 34.1 Å². The summed E-state index contributed by atoms with van der Waals surface area (Å²) < 4.78 is 6.49. The quantitative estimate of drug-likeness (QED) is 0.807. The second kappa shape index (κ2) is 6.84. The number of piperidine rings is 1. The molecule has 0 aliphatic carbocycles. The van der Waals surface area contributed by atoms with Crippen molar-refractivity contribution < 1.29 is 9.21 Å². The first-order chi connectivity index (χ1) is 11.3. The Bertz CT molecular complexity index is 719. The van der Waals surface area contributed by atoms with E-state index in [0.29, 0.717) is 27.5 Å². The fourth-order valence-corrected chi connectivity index (χ4v) is 3.92. The van der Waals surface area contributed by atoms with Crippen LogP contribution in [0.5, 0.6) is 0 Å². The molecule has 3 rings (SSSR count). The number of likely N-dealkylation sites (tertiary alicyclic amines) is 1. The first kappa shape index (κ1) is 17.4. The highest BCUT2D eigenvalue weighted by Crippen LogP contribution is 2.30. The van der Waals surface area contributed by atoms with Crippen LogP contribution in [0.2, 0.25) is 4.34 Å². The average Bonchev–Trinajstić information content (AvgIpc) is 3.14. The van der Waals surface area contributed by atoms with Crippen molar-refractivity contribution in [2.45, 2.75) is 46.0 Å².